The van der Waals surface area contributed by atoms with Crippen LogP contribution in [0.3, 0.4) is 0 Å². The summed E-state index contributed by atoms with van der Waals surface area (Å²) in [4.78, 5) is 11.8. The molecule has 0 saturated carbocycles. The average Bonchev–Trinajstić information content (AvgIpc) is 2.42. The van der Waals surface area contributed by atoms with Crippen molar-refractivity contribution >= 4 is 39.1 Å². The van der Waals surface area contributed by atoms with Crippen molar-refractivity contribution in [1.29, 1.82) is 0 Å². The van der Waals surface area contributed by atoms with Crippen molar-refractivity contribution in [2.24, 2.45) is 0 Å². The lowest BCUT2D eigenvalue weighted by Gasteiger charge is -2.10. The highest BCUT2D eigenvalue weighted by Crippen LogP contribution is 2.20. The number of carbonyl (C=O) groups is 1. The van der Waals surface area contributed by atoms with Crippen molar-refractivity contribution in [3.05, 3.63) is 57.5 Å². The van der Waals surface area contributed by atoms with Crippen LogP contribution in [0.25, 0.3) is 0 Å². The molecule has 2 aromatic carbocycles. The molecule has 5 heteroatoms. The van der Waals surface area contributed by atoms with E-state index in [2.05, 4.69) is 21.2 Å². The molecule has 0 radical (unpaired) electrons. The maximum Gasteiger partial charge on any atom is 0.262 e. The summed E-state index contributed by atoms with van der Waals surface area (Å²) in [6.45, 7) is 1.86. The zero-order chi connectivity index (χ0) is 14.5. The summed E-state index contributed by atoms with van der Waals surface area (Å²) >= 11 is 9.24. The van der Waals surface area contributed by atoms with E-state index in [4.69, 9.17) is 16.3 Å². The summed E-state index contributed by atoms with van der Waals surface area (Å²) in [5.41, 5.74) is 1.65. The topological polar surface area (TPSA) is 38.3 Å². The van der Waals surface area contributed by atoms with Gasteiger partial charge in [-0.15, -0.1) is 0 Å². The van der Waals surface area contributed by atoms with Crippen LogP contribution >= 0.6 is 27.5 Å². The number of halogens is 2. The van der Waals surface area contributed by atoms with Crippen LogP contribution in [0, 0.1) is 6.92 Å². The van der Waals surface area contributed by atoms with Crippen molar-refractivity contribution in [1.82, 2.24) is 0 Å². The molecular weight excluding hydrogens is 342 g/mol. The molecule has 0 aliphatic rings. The third kappa shape index (κ3) is 4.25. The maximum absolute atomic E-state index is 11.8. The highest BCUT2D eigenvalue weighted by atomic mass is 79.9. The Balaban J connectivity index is 1.92. The molecule has 0 spiro atoms. The fraction of sp³-hybridized carbons (Fsp3) is 0.133. The van der Waals surface area contributed by atoms with Crippen LogP contribution in [-0.4, -0.2) is 12.5 Å². The van der Waals surface area contributed by atoms with Gasteiger partial charge in [0.2, 0.25) is 0 Å². The largest absolute Gasteiger partial charge is 0.484 e. The molecule has 0 aliphatic carbocycles. The summed E-state index contributed by atoms with van der Waals surface area (Å²) < 4.78 is 6.36. The first-order chi connectivity index (χ1) is 9.54. The van der Waals surface area contributed by atoms with Gasteiger partial charge in [-0.05, 0) is 48.9 Å². The number of hydrogen-bond donors (Lipinski definition) is 1. The molecule has 1 amide bonds. The number of ether oxygens (including phenoxy) is 1. The normalized spacial score (nSPS) is 10.2. The lowest BCUT2D eigenvalue weighted by atomic mass is 10.2. The SMILES string of the molecule is Cc1ccc(Cl)cc1NC(=O)COc1ccc(Br)cc1. The summed E-state index contributed by atoms with van der Waals surface area (Å²) in [5, 5.41) is 3.36. The Bertz CT molecular complexity index is 614. The van der Waals surface area contributed by atoms with Gasteiger partial charge >= 0.3 is 0 Å². The molecule has 0 bridgehead atoms. The first-order valence-corrected chi connectivity index (χ1v) is 7.16. The monoisotopic (exact) mass is 353 g/mol. The summed E-state index contributed by atoms with van der Waals surface area (Å²) in [6.07, 6.45) is 0. The minimum absolute atomic E-state index is 0.0480. The number of hydrogen-bond acceptors (Lipinski definition) is 2. The Morgan fingerprint density at radius 3 is 2.65 bits per heavy atom. The molecule has 1 N–H and O–H groups in total. The third-order valence-electron chi connectivity index (χ3n) is 2.66. The van der Waals surface area contributed by atoms with Gasteiger partial charge in [-0.1, -0.05) is 33.6 Å². The number of rotatable bonds is 4. The minimum Gasteiger partial charge on any atom is -0.484 e. The van der Waals surface area contributed by atoms with Gasteiger partial charge < -0.3 is 10.1 Å². The number of amides is 1. The molecule has 2 rings (SSSR count). The van der Waals surface area contributed by atoms with Crippen LogP contribution in [0.5, 0.6) is 5.75 Å². The van der Waals surface area contributed by atoms with E-state index in [1.54, 1.807) is 24.3 Å². The number of aryl methyl sites for hydroxylation is 1. The summed E-state index contributed by atoms with van der Waals surface area (Å²) in [7, 11) is 0. The highest BCUT2D eigenvalue weighted by molar-refractivity contribution is 9.10. The van der Waals surface area contributed by atoms with Crippen LogP contribution in [0.4, 0.5) is 5.69 Å². The second-order valence-corrected chi connectivity index (χ2v) is 5.60. The van der Waals surface area contributed by atoms with Crippen LogP contribution < -0.4 is 10.1 Å². The zero-order valence-corrected chi connectivity index (χ0v) is 13.2. The maximum atomic E-state index is 11.8. The minimum atomic E-state index is -0.224. The standard InChI is InChI=1S/C15H13BrClNO2/c1-10-2-5-12(17)8-14(10)18-15(19)9-20-13-6-3-11(16)4-7-13/h2-8H,9H2,1H3,(H,18,19). The van der Waals surface area contributed by atoms with Gasteiger partial charge in [0.25, 0.3) is 5.91 Å². The van der Waals surface area contributed by atoms with Gasteiger partial charge in [0.05, 0.1) is 0 Å². The van der Waals surface area contributed by atoms with E-state index in [1.165, 1.54) is 0 Å². The Morgan fingerprint density at radius 2 is 1.95 bits per heavy atom. The zero-order valence-electron chi connectivity index (χ0n) is 10.8. The second-order valence-electron chi connectivity index (χ2n) is 4.25. The molecule has 2 aromatic rings. The smallest absolute Gasteiger partial charge is 0.262 e. The van der Waals surface area contributed by atoms with E-state index in [-0.39, 0.29) is 12.5 Å². The Kier molecular flexibility index (Phi) is 5.04. The van der Waals surface area contributed by atoms with Crippen LogP contribution in [-0.2, 0) is 4.79 Å². The number of anilines is 1. The van der Waals surface area contributed by atoms with Crippen molar-refractivity contribution in [3.63, 3.8) is 0 Å². The van der Waals surface area contributed by atoms with Crippen LogP contribution in [0.2, 0.25) is 5.02 Å². The van der Waals surface area contributed by atoms with E-state index in [9.17, 15) is 4.79 Å². The molecule has 0 aliphatic heterocycles. The number of carbonyl (C=O) groups excluding carboxylic acids is 1. The van der Waals surface area contributed by atoms with Crippen molar-refractivity contribution in [3.8, 4) is 5.75 Å². The Hall–Kier alpha value is -1.52. The summed E-state index contributed by atoms with van der Waals surface area (Å²) in [6, 6.07) is 12.7. The van der Waals surface area contributed by atoms with Gasteiger partial charge in [-0.3, -0.25) is 4.79 Å². The van der Waals surface area contributed by atoms with E-state index < -0.39 is 0 Å². The Labute approximate surface area is 131 Å². The highest BCUT2D eigenvalue weighted by Gasteiger charge is 2.06. The molecule has 20 heavy (non-hydrogen) atoms. The quantitative estimate of drug-likeness (QED) is 0.882. The molecular formula is C15H13BrClNO2. The van der Waals surface area contributed by atoms with Crippen LogP contribution in [0.15, 0.2) is 46.9 Å². The molecule has 104 valence electrons. The fourth-order valence-corrected chi connectivity index (χ4v) is 2.03. The van der Waals surface area contributed by atoms with Gasteiger partial charge in [0, 0.05) is 15.2 Å². The van der Waals surface area contributed by atoms with Crippen LogP contribution in [0.1, 0.15) is 5.56 Å². The first kappa shape index (κ1) is 14.9. The molecule has 0 unspecified atom stereocenters. The Morgan fingerprint density at radius 1 is 1.25 bits per heavy atom. The van der Waals surface area contributed by atoms with Gasteiger partial charge in [0.1, 0.15) is 5.75 Å². The lowest BCUT2D eigenvalue weighted by molar-refractivity contribution is -0.118. The predicted molar refractivity (Wildman–Crippen MR) is 84.5 cm³/mol. The van der Waals surface area contributed by atoms with E-state index >= 15 is 0 Å². The molecule has 3 nitrogen and oxygen atoms in total. The number of nitrogens with one attached hydrogen (secondary N) is 1. The van der Waals surface area contributed by atoms with E-state index in [0.717, 1.165) is 10.0 Å². The number of benzene rings is 2. The third-order valence-corrected chi connectivity index (χ3v) is 3.42. The van der Waals surface area contributed by atoms with Crippen molar-refractivity contribution in [2.45, 2.75) is 6.92 Å². The average molecular weight is 355 g/mol. The van der Waals surface area contributed by atoms with Gasteiger partial charge in [0.15, 0.2) is 6.61 Å². The molecule has 0 heterocycles. The van der Waals surface area contributed by atoms with Gasteiger partial charge in [-0.2, -0.15) is 0 Å². The fourth-order valence-electron chi connectivity index (χ4n) is 1.59. The molecule has 0 aromatic heterocycles. The molecule has 0 atom stereocenters. The predicted octanol–water partition coefficient (Wildman–Crippen LogP) is 4.43. The first-order valence-electron chi connectivity index (χ1n) is 5.99. The summed E-state index contributed by atoms with van der Waals surface area (Å²) in [5.74, 6) is 0.421. The molecule has 0 saturated heterocycles. The molecule has 0 fully saturated rings. The lowest BCUT2D eigenvalue weighted by Crippen LogP contribution is -2.20. The van der Waals surface area contributed by atoms with Gasteiger partial charge in [-0.25, -0.2) is 0 Å². The van der Waals surface area contributed by atoms with E-state index in [0.29, 0.717) is 16.5 Å². The van der Waals surface area contributed by atoms with Crippen molar-refractivity contribution in [2.75, 3.05) is 11.9 Å². The second kappa shape index (κ2) is 6.77. The van der Waals surface area contributed by atoms with E-state index in [1.807, 2.05) is 25.1 Å². The van der Waals surface area contributed by atoms with Crippen molar-refractivity contribution < 1.29 is 9.53 Å².